The Kier molecular flexibility index (Phi) is 6.35. The van der Waals surface area contributed by atoms with Crippen molar-refractivity contribution in [2.24, 2.45) is 5.92 Å². The highest BCUT2D eigenvalue weighted by Crippen LogP contribution is 2.50. The molecule has 3 rings (SSSR count). The van der Waals surface area contributed by atoms with Crippen LogP contribution in [0.4, 0.5) is 8.78 Å². The van der Waals surface area contributed by atoms with Gasteiger partial charge in [-0.25, -0.2) is 8.78 Å². The largest absolute Gasteiger partial charge is 0.204 e. The maximum absolute atomic E-state index is 13.6. The summed E-state index contributed by atoms with van der Waals surface area (Å²) in [6.07, 6.45) is 10.8. The molecule has 0 aromatic heterocycles. The van der Waals surface area contributed by atoms with Crippen molar-refractivity contribution < 1.29 is 8.78 Å². The molecule has 140 valence electrons. The summed E-state index contributed by atoms with van der Waals surface area (Å²) in [5.74, 6) is -0.148. The third kappa shape index (κ3) is 4.53. The fourth-order valence-electron chi connectivity index (χ4n) is 5.50. The minimum absolute atomic E-state index is 0.436. The fourth-order valence-corrected chi connectivity index (χ4v) is 12.1. The number of hydrogen-bond acceptors (Lipinski definition) is 0. The van der Waals surface area contributed by atoms with Crippen LogP contribution in [-0.4, -0.2) is 8.07 Å². The number of halogens is 2. The van der Waals surface area contributed by atoms with E-state index in [4.69, 9.17) is 0 Å². The molecule has 0 unspecified atom stereocenters. The second-order valence-corrected chi connectivity index (χ2v) is 14.1. The molecule has 2 aliphatic rings. The number of benzene rings is 1. The van der Waals surface area contributed by atoms with Crippen LogP contribution in [0.25, 0.3) is 0 Å². The van der Waals surface area contributed by atoms with E-state index in [2.05, 4.69) is 13.8 Å². The molecule has 0 spiro atoms. The standard InChI is InChI=1S/C22H34F2Si/c1-17(2)12-15-25(13-4-3-5-14-25)20-9-6-18(7-10-20)19-8-11-21(23)22(24)16-19/h8,11,16-18,20H,3-7,9-10,12-15H2,1-2H3. The van der Waals surface area contributed by atoms with Crippen LogP contribution in [0, 0.1) is 17.6 Å². The molecule has 3 heteroatoms. The number of hydrogen-bond donors (Lipinski definition) is 0. The Labute approximate surface area is 153 Å². The molecule has 1 aromatic carbocycles. The Balaban J connectivity index is 1.65. The topological polar surface area (TPSA) is 0 Å². The van der Waals surface area contributed by atoms with Crippen molar-refractivity contribution in [1.29, 1.82) is 0 Å². The molecule has 1 aliphatic heterocycles. The predicted molar refractivity (Wildman–Crippen MR) is 105 cm³/mol. The molecule has 0 radical (unpaired) electrons. The summed E-state index contributed by atoms with van der Waals surface area (Å²) < 4.78 is 26.8. The SMILES string of the molecule is CC(C)CC[Si]1(C2CCC(c3ccc(F)c(F)c3)CC2)CCCCC1. The van der Waals surface area contributed by atoms with Gasteiger partial charge in [0, 0.05) is 0 Å². The summed E-state index contributed by atoms with van der Waals surface area (Å²) in [6.45, 7) is 4.73. The van der Waals surface area contributed by atoms with E-state index in [1.807, 2.05) is 0 Å². The summed E-state index contributed by atoms with van der Waals surface area (Å²) in [5.41, 5.74) is 1.99. The van der Waals surface area contributed by atoms with Gasteiger partial charge in [-0.1, -0.05) is 76.6 Å². The van der Waals surface area contributed by atoms with Crippen LogP contribution in [-0.2, 0) is 0 Å². The zero-order chi connectivity index (χ0) is 17.9. The third-order valence-electron chi connectivity index (χ3n) is 7.08. The van der Waals surface area contributed by atoms with Gasteiger partial charge in [0.15, 0.2) is 11.6 Å². The van der Waals surface area contributed by atoms with Gasteiger partial charge in [0.2, 0.25) is 0 Å². The van der Waals surface area contributed by atoms with Gasteiger partial charge in [-0.05, 0) is 47.9 Å². The molecule has 1 saturated carbocycles. The van der Waals surface area contributed by atoms with E-state index in [-0.39, 0.29) is 0 Å². The molecular weight excluding hydrogens is 330 g/mol. The molecule has 1 saturated heterocycles. The summed E-state index contributed by atoms with van der Waals surface area (Å²) in [7, 11) is -1.13. The first-order valence-electron chi connectivity index (χ1n) is 10.4. The van der Waals surface area contributed by atoms with Gasteiger partial charge in [-0.2, -0.15) is 0 Å². The van der Waals surface area contributed by atoms with Crippen LogP contribution in [0.5, 0.6) is 0 Å². The lowest BCUT2D eigenvalue weighted by atomic mass is 9.84. The van der Waals surface area contributed by atoms with Crippen LogP contribution in [0.2, 0.25) is 23.7 Å². The average Bonchev–Trinajstić information content (AvgIpc) is 2.63. The highest BCUT2D eigenvalue weighted by Gasteiger charge is 2.42. The molecule has 0 nitrogen and oxygen atoms in total. The lowest BCUT2D eigenvalue weighted by Crippen LogP contribution is -2.43. The van der Waals surface area contributed by atoms with E-state index < -0.39 is 19.7 Å². The normalized spacial score (nSPS) is 26.8. The lowest BCUT2D eigenvalue weighted by Gasteiger charge is -2.45. The van der Waals surface area contributed by atoms with Gasteiger partial charge >= 0.3 is 0 Å². The van der Waals surface area contributed by atoms with Crippen molar-refractivity contribution >= 4 is 8.07 Å². The van der Waals surface area contributed by atoms with Gasteiger partial charge < -0.3 is 0 Å². The molecule has 0 amide bonds. The molecular formula is C22H34F2Si. The van der Waals surface area contributed by atoms with Crippen molar-refractivity contribution in [3.63, 3.8) is 0 Å². The summed E-state index contributed by atoms with van der Waals surface area (Å²) >= 11 is 0. The highest BCUT2D eigenvalue weighted by molar-refractivity contribution is 6.81. The Morgan fingerprint density at radius 1 is 0.960 bits per heavy atom. The Morgan fingerprint density at radius 3 is 2.24 bits per heavy atom. The van der Waals surface area contributed by atoms with Crippen LogP contribution < -0.4 is 0 Å². The first-order valence-corrected chi connectivity index (χ1v) is 13.1. The van der Waals surface area contributed by atoms with Gasteiger partial charge in [0.25, 0.3) is 0 Å². The molecule has 25 heavy (non-hydrogen) atoms. The Morgan fingerprint density at radius 2 is 1.64 bits per heavy atom. The van der Waals surface area contributed by atoms with Gasteiger partial charge in [-0.15, -0.1) is 0 Å². The van der Waals surface area contributed by atoms with Gasteiger partial charge in [0.05, 0.1) is 8.07 Å². The van der Waals surface area contributed by atoms with Crippen LogP contribution >= 0.6 is 0 Å². The van der Waals surface area contributed by atoms with Gasteiger partial charge in [-0.3, -0.25) is 0 Å². The van der Waals surface area contributed by atoms with E-state index in [1.165, 1.54) is 69.5 Å². The quantitative estimate of drug-likeness (QED) is 0.470. The van der Waals surface area contributed by atoms with E-state index in [0.29, 0.717) is 5.92 Å². The van der Waals surface area contributed by atoms with Gasteiger partial charge in [0.1, 0.15) is 0 Å². The molecule has 1 aliphatic carbocycles. The van der Waals surface area contributed by atoms with E-state index in [0.717, 1.165) is 17.0 Å². The summed E-state index contributed by atoms with van der Waals surface area (Å²) in [6, 6.07) is 9.19. The van der Waals surface area contributed by atoms with E-state index in [9.17, 15) is 8.78 Å². The third-order valence-corrected chi connectivity index (χ3v) is 13.4. The zero-order valence-electron chi connectivity index (χ0n) is 16.0. The molecule has 1 heterocycles. The summed E-state index contributed by atoms with van der Waals surface area (Å²) in [4.78, 5) is 0. The molecule has 0 N–H and O–H groups in total. The first-order chi connectivity index (χ1) is 12.0. The average molecular weight is 365 g/mol. The first kappa shape index (κ1) is 19.1. The van der Waals surface area contributed by atoms with Crippen molar-refractivity contribution in [1.82, 2.24) is 0 Å². The highest BCUT2D eigenvalue weighted by atomic mass is 28.3. The van der Waals surface area contributed by atoms with Crippen LogP contribution in [0.15, 0.2) is 18.2 Å². The van der Waals surface area contributed by atoms with Crippen molar-refractivity contribution in [3.05, 3.63) is 35.4 Å². The van der Waals surface area contributed by atoms with E-state index >= 15 is 0 Å². The minimum atomic E-state index is -1.13. The molecule has 0 bridgehead atoms. The smallest absolute Gasteiger partial charge is 0.159 e. The second-order valence-electron chi connectivity index (χ2n) is 9.08. The monoisotopic (exact) mass is 364 g/mol. The molecule has 0 atom stereocenters. The predicted octanol–water partition coefficient (Wildman–Crippen LogP) is 7.67. The second kappa shape index (κ2) is 8.33. The van der Waals surface area contributed by atoms with Crippen molar-refractivity contribution in [2.75, 3.05) is 0 Å². The van der Waals surface area contributed by atoms with E-state index in [1.54, 1.807) is 18.2 Å². The lowest BCUT2D eigenvalue weighted by molar-refractivity contribution is 0.422. The number of rotatable bonds is 5. The minimum Gasteiger partial charge on any atom is -0.204 e. The van der Waals surface area contributed by atoms with Crippen LogP contribution in [0.1, 0.15) is 76.7 Å². The van der Waals surface area contributed by atoms with Crippen LogP contribution in [0.3, 0.4) is 0 Å². The summed E-state index contributed by atoms with van der Waals surface area (Å²) in [5, 5.41) is 0. The Bertz CT molecular complexity index is 555. The fraction of sp³-hybridized carbons (Fsp3) is 0.727. The van der Waals surface area contributed by atoms with Crippen molar-refractivity contribution in [3.8, 4) is 0 Å². The maximum Gasteiger partial charge on any atom is 0.159 e. The zero-order valence-corrected chi connectivity index (χ0v) is 17.0. The maximum atomic E-state index is 13.6. The van der Waals surface area contributed by atoms with Crippen molar-refractivity contribution in [2.45, 2.75) is 94.8 Å². The molecule has 2 fully saturated rings. The molecule has 1 aromatic rings. The Hall–Kier alpha value is -0.703.